The zero-order valence-electron chi connectivity index (χ0n) is 13.5. The van der Waals surface area contributed by atoms with Crippen LogP contribution in [0.25, 0.3) is 0 Å². The number of benzene rings is 1. The monoisotopic (exact) mass is 321 g/mol. The molecule has 1 fully saturated rings. The van der Waals surface area contributed by atoms with Crippen LogP contribution in [-0.2, 0) is 4.79 Å². The molecular weight excluding hydrogens is 300 g/mol. The first-order chi connectivity index (χ1) is 10.7. The molecule has 4 nitrogen and oxygen atoms in total. The van der Waals surface area contributed by atoms with Gasteiger partial charge in [-0.05, 0) is 38.5 Å². The Kier molecular flexibility index (Phi) is 4.71. The number of nitriles is 1. The molecule has 2 rings (SSSR count). The Bertz CT molecular complexity index is 639. The maximum absolute atomic E-state index is 14.7. The normalized spacial score (nSPS) is 26.0. The van der Waals surface area contributed by atoms with E-state index in [1.54, 1.807) is 19.9 Å². The molecule has 1 saturated heterocycles. The van der Waals surface area contributed by atoms with E-state index in [9.17, 15) is 18.8 Å². The van der Waals surface area contributed by atoms with Gasteiger partial charge in [0.1, 0.15) is 12.0 Å². The molecule has 23 heavy (non-hydrogen) atoms. The molecule has 1 heterocycles. The van der Waals surface area contributed by atoms with Gasteiger partial charge in [-0.15, -0.1) is 0 Å². The highest BCUT2D eigenvalue weighted by atomic mass is 19.1. The molecule has 0 aliphatic carbocycles. The second kappa shape index (κ2) is 6.25. The maximum Gasteiger partial charge on any atom is 0.240 e. The van der Waals surface area contributed by atoms with Crippen LogP contribution in [0, 0.1) is 22.6 Å². The zero-order valence-corrected chi connectivity index (χ0v) is 13.5. The van der Waals surface area contributed by atoms with Crippen molar-refractivity contribution in [3.63, 3.8) is 0 Å². The number of carbonyl (C=O) groups excluding carboxylic acids is 1. The van der Waals surface area contributed by atoms with Crippen molar-refractivity contribution in [2.24, 2.45) is 11.1 Å². The maximum atomic E-state index is 14.7. The number of likely N-dealkylation sites (tertiary alicyclic amines) is 1. The number of alkyl halides is 1. The minimum absolute atomic E-state index is 0.0280. The number of amides is 1. The second-order valence-electron chi connectivity index (χ2n) is 6.64. The number of rotatable bonds is 3. The van der Waals surface area contributed by atoms with Crippen molar-refractivity contribution in [1.82, 2.24) is 4.90 Å². The number of nitrogens with two attached hydrogens (primary N) is 1. The molecule has 0 unspecified atom stereocenters. The van der Waals surface area contributed by atoms with E-state index in [-0.39, 0.29) is 6.42 Å². The summed E-state index contributed by atoms with van der Waals surface area (Å²) in [7, 11) is 0. The Labute approximate surface area is 134 Å². The molecule has 1 amide bonds. The Balaban J connectivity index is 2.51. The predicted octanol–water partition coefficient (Wildman–Crippen LogP) is 2.70. The number of carbonyl (C=O) groups is 1. The van der Waals surface area contributed by atoms with Crippen LogP contribution in [0.5, 0.6) is 0 Å². The summed E-state index contributed by atoms with van der Waals surface area (Å²) in [5, 5.41) is 9.38. The first kappa shape index (κ1) is 17.4. The van der Waals surface area contributed by atoms with Crippen molar-refractivity contribution >= 4 is 5.91 Å². The van der Waals surface area contributed by atoms with E-state index in [0.717, 1.165) is 0 Å². The lowest BCUT2D eigenvalue weighted by atomic mass is 9.84. The SMILES string of the molecule is C[C@@H](N)C(=O)N1[C@H](c2cccc(F)c2)[C@@H](F)C[C@@H]1C(C)(C)C#N. The lowest BCUT2D eigenvalue weighted by Gasteiger charge is -2.37. The molecule has 1 aromatic carbocycles. The van der Waals surface area contributed by atoms with E-state index >= 15 is 0 Å². The summed E-state index contributed by atoms with van der Waals surface area (Å²) in [4.78, 5) is 13.9. The van der Waals surface area contributed by atoms with Crippen LogP contribution in [-0.4, -0.2) is 29.1 Å². The third-order valence-corrected chi connectivity index (χ3v) is 4.38. The quantitative estimate of drug-likeness (QED) is 0.930. The van der Waals surface area contributed by atoms with Crippen LogP contribution >= 0.6 is 0 Å². The number of nitrogens with zero attached hydrogens (tertiary/aromatic N) is 2. The summed E-state index contributed by atoms with van der Waals surface area (Å²) in [5.41, 5.74) is 5.15. The Morgan fingerprint density at radius 2 is 2.17 bits per heavy atom. The van der Waals surface area contributed by atoms with Crippen molar-refractivity contribution in [3.05, 3.63) is 35.6 Å². The van der Waals surface area contributed by atoms with Gasteiger partial charge < -0.3 is 10.6 Å². The molecule has 2 N–H and O–H groups in total. The van der Waals surface area contributed by atoms with Gasteiger partial charge in [-0.3, -0.25) is 4.79 Å². The number of hydrogen-bond donors (Lipinski definition) is 1. The first-order valence-electron chi connectivity index (χ1n) is 7.57. The lowest BCUT2D eigenvalue weighted by Crippen LogP contribution is -2.50. The zero-order chi connectivity index (χ0) is 17.4. The highest BCUT2D eigenvalue weighted by Crippen LogP contribution is 2.45. The minimum Gasteiger partial charge on any atom is -0.327 e. The molecule has 1 aliphatic rings. The summed E-state index contributed by atoms with van der Waals surface area (Å²) in [5.74, 6) is -0.932. The number of halogens is 2. The van der Waals surface area contributed by atoms with E-state index < -0.39 is 41.4 Å². The fourth-order valence-corrected chi connectivity index (χ4v) is 3.13. The van der Waals surface area contributed by atoms with E-state index in [0.29, 0.717) is 5.56 Å². The largest absolute Gasteiger partial charge is 0.327 e. The molecule has 124 valence electrons. The fraction of sp³-hybridized carbons (Fsp3) is 0.529. The molecule has 0 spiro atoms. The highest BCUT2D eigenvalue weighted by molar-refractivity contribution is 5.82. The molecular formula is C17H21F2N3O. The third kappa shape index (κ3) is 3.20. The molecule has 0 saturated carbocycles. The van der Waals surface area contributed by atoms with Gasteiger partial charge in [-0.1, -0.05) is 12.1 Å². The molecule has 0 aromatic heterocycles. The third-order valence-electron chi connectivity index (χ3n) is 4.38. The summed E-state index contributed by atoms with van der Waals surface area (Å²) >= 11 is 0. The lowest BCUT2D eigenvalue weighted by molar-refractivity contribution is -0.137. The van der Waals surface area contributed by atoms with Crippen LogP contribution in [0.1, 0.15) is 38.8 Å². The van der Waals surface area contributed by atoms with Gasteiger partial charge in [-0.25, -0.2) is 8.78 Å². The van der Waals surface area contributed by atoms with Crippen molar-refractivity contribution in [3.8, 4) is 6.07 Å². The molecule has 6 heteroatoms. The summed E-state index contributed by atoms with van der Waals surface area (Å²) in [6, 6.07) is 5.32. The Hall–Kier alpha value is -2.00. The summed E-state index contributed by atoms with van der Waals surface area (Å²) in [6.45, 7) is 4.85. The van der Waals surface area contributed by atoms with Gasteiger partial charge in [0.2, 0.25) is 5.91 Å². The second-order valence-corrected chi connectivity index (χ2v) is 6.64. The summed E-state index contributed by atoms with van der Waals surface area (Å²) < 4.78 is 28.3. The van der Waals surface area contributed by atoms with Crippen molar-refractivity contribution < 1.29 is 13.6 Å². The van der Waals surface area contributed by atoms with Crippen LogP contribution in [0.4, 0.5) is 8.78 Å². The Morgan fingerprint density at radius 1 is 1.52 bits per heavy atom. The van der Waals surface area contributed by atoms with Gasteiger partial charge in [0, 0.05) is 6.42 Å². The van der Waals surface area contributed by atoms with Crippen LogP contribution in [0.3, 0.4) is 0 Å². The smallest absolute Gasteiger partial charge is 0.240 e. The highest BCUT2D eigenvalue weighted by Gasteiger charge is 2.51. The predicted molar refractivity (Wildman–Crippen MR) is 82.3 cm³/mol. The van der Waals surface area contributed by atoms with Gasteiger partial charge >= 0.3 is 0 Å². The van der Waals surface area contributed by atoms with Crippen LogP contribution < -0.4 is 5.73 Å². The average Bonchev–Trinajstić information content (AvgIpc) is 2.84. The topological polar surface area (TPSA) is 70.1 Å². The van der Waals surface area contributed by atoms with Crippen molar-refractivity contribution in [2.45, 2.75) is 51.5 Å². The first-order valence-corrected chi connectivity index (χ1v) is 7.57. The molecule has 0 radical (unpaired) electrons. The molecule has 4 atom stereocenters. The fourth-order valence-electron chi connectivity index (χ4n) is 3.13. The van der Waals surface area contributed by atoms with E-state index in [1.807, 2.05) is 0 Å². The molecule has 0 bridgehead atoms. The summed E-state index contributed by atoms with van der Waals surface area (Å²) in [6.07, 6.45) is -1.35. The molecule has 1 aromatic rings. The average molecular weight is 321 g/mol. The van der Waals surface area contributed by atoms with Gasteiger partial charge in [0.25, 0.3) is 0 Å². The standard InChI is InChI=1S/C17H21F2N3O/c1-10(21)16(23)22-14(17(2,3)9-20)8-13(19)15(22)11-5-4-6-12(18)7-11/h4-7,10,13-15H,8,21H2,1-3H3/t10-,13+,14-,15-/m1/s1. The van der Waals surface area contributed by atoms with Crippen molar-refractivity contribution in [1.29, 1.82) is 5.26 Å². The van der Waals surface area contributed by atoms with Crippen molar-refractivity contribution in [2.75, 3.05) is 0 Å². The Morgan fingerprint density at radius 3 is 2.70 bits per heavy atom. The van der Waals surface area contributed by atoms with Crippen LogP contribution in [0.15, 0.2) is 24.3 Å². The molecule has 1 aliphatic heterocycles. The van der Waals surface area contributed by atoms with E-state index in [4.69, 9.17) is 5.73 Å². The minimum atomic E-state index is -1.38. The number of hydrogen-bond acceptors (Lipinski definition) is 3. The van der Waals surface area contributed by atoms with Gasteiger partial charge in [-0.2, -0.15) is 5.26 Å². The van der Waals surface area contributed by atoms with Gasteiger partial charge in [0.05, 0.1) is 29.6 Å². The van der Waals surface area contributed by atoms with E-state index in [2.05, 4.69) is 6.07 Å². The van der Waals surface area contributed by atoms with Gasteiger partial charge in [0.15, 0.2) is 0 Å². The van der Waals surface area contributed by atoms with Crippen LogP contribution in [0.2, 0.25) is 0 Å². The van der Waals surface area contributed by atoms with E-state index in [1.165, 1.54) is 30.0 Å².